The van der Waals surface area contributed by atoms with Gasteiger partial charge in [-0.2, -0.15) is 0 Å². The number of Topliss-reactive ketones (excluding diaryl/α,β-unsaturated/α-hetero) is 1. The molecule has 1 aliphatic rings. The van der Waals surface area contributed by atoms with Crippen molar-refractivity contribution < 1.29 is 33.1 Å². The van der Waals surface area contributed by atoms with E-state index in [1.165, 1.54) is 11.8 Å². The van der Waals surface area contributed by atoms with Gasteiger partial charge in [0.05, 0.1) is 7.11 Å². The Hall–Kier alpha value is -2.91. The van der Waals surface area contributed by atoms with Crippen LogP contribution < -0.4 is 5.32 Å². The van der Waals surface area contributed by atoms with E-state index in [-0.39, 0.29) is 17.3 Å². The summed E-state index contributed by atoms with van der Waals surface area (Å²) in [6.07, 6.45) is 0.865. The second kappa shape index (κ2) is 8.62. The predicted octanol–water partition coefficient (Wildman–Crippen LogP) is 1.92. The van der Waals surface area contributed by atoms with Crippen LogP contribution in [-0.2, 0) is 19.1 Å². The lowest BCUT2D eigenvalue weighted by atomic mass is 10.2. The van der Waals surface area contributed by atoms with Gasteiger partial charge in [0, 0.05) is 6.54 Å². The molecule has 2 amide bonds. The van der Waals surface area contributed by atoms with E-state index in [1.54, 1.807) is 27.7 Å². The molecule has 0 spiro atoms. The van der Waals surface area contributed by atoms with Crippen molar-refractivity contribution >= 4 is 23.8 Å². The molecule has 0 aliphatic carbocycles. The van der Waals surface area contributed by atoms with Gasteiger partial charge in [-0.1, -0.05) is 0 Å². The second-order valence-corrected chi connectivity index (χ2v) is 7.83. The van der Waals surface area contributed by atoms with Gasteiger partial charge in [0.1, 0.15) is 17.4 Å². The Morgan fingerprint density at radius 2 is 1.93 bits per heavy atom. The molecular formula is C19H27N3O7. The van der Waals surface area contributed by atoms with Crippen LogP contribution in [0.2, 0.25) is 0 Å². The summed E-state index contributed by atoms with van der Waals surface area (Å²) >= 11 is 0. The van der Waals surface area contributed by atoms with Crippen LogP contribution in [0.5, 0.6) is 0 Å². The van der Waals surface area contributed by atoms with Crippen molar-refractivity contribution in [2.45, 2.75) is 65.1 Å². The molecule has 2 atom stereocenters. The molecule has 10 heteroatoms. The highest BCUT2D eigenvalue weighted by Crippen LogP contribution is 2.33. The zero-order valence-corrected chi connectivity index (χ0v) is 17.5. The Kier molecular flexibility index (Phi) is 6.66. The molecule has 1 N–H and O–H groups in total. The highest BCUT2D eigenvalue weighted by Gasteiger charge is 2.37. The fourth-order valence-corrected chi connectivity index (χ4v) is 2.98. The van der Waals surface area contributed by atoms with E-state index in [4.69, 9.17) is 9.15 Å². The molecule has 1 fully saturated rings. The van der Waals surface area contributed by atoms with Crippen LogP contribution in [0.3, 0.4) is 0 Å². The van der Waals surface area contributed by atoms with E-state index < -0.39 is 41.4 Å². The number of carbonyl (C=O) groups excluding carboxylic acids is 4. The first-order valence-corrected chi connectivity index (χ1v) is 9.30. The normalized spacial score (nSPS) is 17.6. The minimum Gasteiger partial charge on any atom is -0.467 e. The first-order valence-electron chi connectivity index (χ1n) is 9.30. The third-order valence-corrected chi connectivity index (χ3v) is 4.31. The number of aromatic nitrogens is 1. The molecule has 2 heterocycles. The average Bonchev–Trinajstić information content (AvgIpc) is 3.23. The summed E-state index contributed by atoms with van der Waals surface area (Å²) in [6.45, 7) is 8.53. The molecule has 160 valence electrons. The van der Waals surface area contributed by atoms with Gasteiger partial charge >= 0.3 is 12.1 Å². The number of ketones is 1. The molecule has 10 nitrogen and oxygen atoms in total. The molecule has 0 bridgehead atoms. The highest BCUT2D eigenvalue weighted by atomic mass is 16.6. The molecule has 0 aromatic carbocycles. The first-order chi connectivity index (χ1) is 13.4. The van der Waals surface area contributed by atoms with Crippen LogP contribution in [0.25, 0.3) is 0 Å². The minimum absolute atomic E-state index is 0.0637. The SMILES string of the molecule is COC(=O)[C@@H](NC(=O)c1nc([C@@H]2CCCN2C(=O)OC(C)(C)C)oc1C)C(C)=O. The van der Waals surface area contributed by atoms with Crippen molar-refractivity contribution in [2.24, 2.45) is 0 Å². The summed E-state index contributed by atoms with van der Waals surface area (Å²) in [4.78, 5) is 54.1. The van der Waals surface area contributed by atoms with E-state index in [0.717, 1.165) is 13.5 Å². The predicted molar refractivity (Wildman–Crippen MR) is 100 cm³/mol. The van der Waals surface area contributed by atoms with Gasteiger partial charge in [-0.15, -0.1) is 0 Å². The number of ether oxygens (including phenoxy) is 2. The van der Waals surface area contributed by atoms with E-state index in [2.05, 4.69) is 15.0 Å². The maximum absolute atomic E-state index is 12.5. The Morgan fingerprint density at radius 3 is 2.48 bits per heavy atom. The molecule has 2 rings (SSSR count). The van der Waals surface area contributed by atoms with E-state index in [9.17, 15) is 19.2 Å². The number of rotatable bonds is 5. The zero-order chi connectivity index (χ0) is 21.9. The van der Waals surface area contributed by atoms with Gasteiger partial charge in [-0.25, -0.2) is 14.6 Å². The smallest absolute Gasteiger partial charge is 0.410 e. The van der Waals surface area contributed by atoms with Crippen LogP contribution in [0, 0.1) is 6.92 Å². The number of aryl methyl sites for hydroxylation is 1. The number of oxazole rings is 1. The Balaban J connectivity index is 2.20. The topological polar surface area (TPSA) is 128 Å². The fraction of sp³-hybridized carbons (Fsp3) is 0.632. The number of nitrogens with one attached hydrogen (secondary N) is 1. The number of hydrogen-bond acceptors (Lipinski definition) is 8. The van der Waals surface area contributed by atoms with Gasteiger partial charge in [-0.3, -0.25) is 14.5 Å². The Morgan fingerprint density at radius 1 is 1.28 bits per heavy atom. The fourth-order valence-electron chi connectivity index (χ4n) is 2.98. The summed E-state index contributed by atoms with van der Waals surface area (Å²) in [7, 11) is 1.12. The molecule has 0 radical (unpaired) electrons. The number of nitrogens with zero attached hydrogens (tertiary/aromatic N) is 2. The summed E-state index contributed by atoms with van der Waals surface area (Å²) in [5.41, 5.74) is -0.705. The largest absolute Gasteiger partial charge is 0.467 e. The third-order valence-electron chi connectivity index (χ3n) is 4.31. The van der Waals surface area contributed by atoms with Crippen molar-refractivity contribution in [1.29, 1.82) is 0 Å². The number of methoxy groups -OCH3 is 1. The summed E-state index contributed by atoms with van der Waals surface area (Å²) < 4.78 is 15.6. The van der Waals surface area contributed by atoms with Gasteiger partial charge in [-0.05, 0) is 47.5 Å². The quantitative estimate of drug-likeness (QED) is 0.577. The maximum Gasteiger partial charge on any atom is 0.410 e. The molecule has 1 aliphatic heterocycles. The molecule has 1 aromatic rings. The number of amides is 2. The van der Waals surface area contributed by atoms with E-state index in [1.807, 2.05) is 0 Å². The number of carbonyl (C=O) groups is 4. The highest BCUT2D eigenvalue weighted by molar-refractivity contribution is 6.07. The number of likely N-dealkylation sites (tertiary alicyclic amines) is 1. The maximum atomic E-state index is 12.5. The van der Waals surface area contributed by atoms with Gasteiger partial charge in [0.25, 0.3) is 5.91 Å². The van der Waals surface area contributed by atoms with Gasteiger partial charge in [0.2, 0.25) is 5.89 Å². The van der Waals surface area contributed by atoms with Crippen molar-refractivity contribution in [3.8, 4) is 0 Å². The minimum atomic E-state index is -1.43. The number of esters is 1. The zero-order valence-electron chi connectivity index (χ0n) is 17.5. The lowest BCUT2D eigenvalue weighted by Crippen LogP contribution is -2.46. The standard InChI is InChI=1S/C19H27N3O7/c1-10(23)13(17(25)27-6)20-15(24)14-11(2)28-16(21-14)12-8-7-9-22(12)18(26)29-19(3,4)5/h12-13H,7-9H2,1-6H3,(H,20,24)/t12-,13-/m0/s1. The summed E-state index contributed by atoms with van der Waals surface area (Å²) in [5.74, 6) is -1.78. The average molecular weight is 409 g/mol. The van der Waals surface area contributed by atoms with E-state index >= 15 is 0 Å². The molecule has 0 unspecified atom stereocenters. The van der Waals surface area contributed by atoms with Gasteiger partial charge < -0.3 is 19.2 Å². The Bertz CT molecular complexity index is 809. The summed E-state index contributed by atoms with van der Waals surface area (Å²) in [6, 6.07) is -1.90. The van der Waals surface area contributed by atoms with Crippen LogP contribution in [0.4, 0.5) is 4.79 Å². The summed E-state index contributed by atoms with van der Waals surface area (Å²) in [5, 5.41) is 2.30. The lowest BCUT2D eigenvalue weighted by Gasteiger charge is -2.27. The monoisotopic (exact) mass is 409 g/mol. The van der Waals surface area contributed by atoms with Crippen molar-refractivity contribution in [3.63, 3.8) is 0 Å². The molecule has 0 saturated carbocycles. The number of hydrogen-bond donors (Lipinski definition) is 1. The van der Waals surface area contributed by atoms with Crippen molar-refractivity contribution in [2.75, 3.05) is 13.7 Å². The van der Waals surface area contributed by atoms with E-state index in [0.29, 0.717) is 13.0 Å². The van der Waals surface area contributed by atoms with Crippen molar-refractivity contribution in [1.82, 2.24) is 15.2 Å². The molecule has 29 heavy (non-hydrogen) atoms. The molecule has 1 saturated heterocycles. The second-order valence-electron chi connectivity index (χ2n) is 7.83. The van der Waals surface area contributed by atoms with Crippen LogP contribution in [0.15, 0.2) is 4.42 Å². The first kappa shape index (κ1) is 22.4. The lowest BCUT2D eigenvalue weighted by molar-refractivity contribution is -0.145. The van der Waals surface area contributed by atoms with Crippen LogP contribution >= 0.6 is 0 Å². The van der Waals surface area contributed by atoms with Gasteiger partial charge in [0.15, 0.2) is 17.5 Å². The molecule has 1 aromatic heterocycles. The van der Waals surface area contributed by atoms with Crippen molar-refractivity contribution in [3.05, 3.63) is 17.3 Å². The third kappa shape index (κ3) is 5.33. The van der Waals surface area contributed by atoms with Crippen LogP contribution in [-0.4, -0.2) is 58.9 Å². The van der Waals surface area contributed by atoms with Crippen LogP contribution in [0.1, 0.15) is 68.7 Å². The molecular weight excluding hydrogens is 382 g/mol. The Labute approximate surface area is 168 Å².